The van der Waals surface area contributed by atoms with Gasteiger partial charge in [-0.3, -0.25) is 4.99 Å². The summed E-state index contributed by atoms with van der Waals surface area (Å²) in [5.74, 6) is 0.873. The van der Waals surface area contributed by atoms with Gasteiger partial charge in [-0.15, -0.1) is 0 Å². The Morgan fingerprint density at radius 3 is 2.62 bits per heavy atom. The first-order valence-electron chi connectivity index (χ1n) is 8.66. The van der Waals surface area contributed by atoms with Crippen LogP contribution >= 0.6 is 0 Å². The molecule has 0 unspecified atom stereocenters. The number of methoxy groups -OCH3 is 1. The number of benzene rings is 2. The van der Waals surface area contributed by atoms with Gasteiger partial charge in [0.15, 0.2) is 5.96 Å². The Morgan fingerprint density at radius 2 is 1.96 bits per heavy atom. The first-order chi connectivity index (χ1) is 12.6. The second kappa shape index (κ2) is 8.19. The monoisotopic (exact) mass is 357 g/mol. The fourth-order valence-corrected chi connectivity index (χ4v) is 3.22. The molecule has 26 heavy (non-hydrogen) atoms. The number of rotatable bonds is 5. The highest BCUT2D eigenvalue weighted by molar-refractivity contribution is 5.92. The van der Waals surface area contributed by atoms with E-state index in [0.29, 0.717) is 25.7 Å². The lowest BCUT2D eigenvalue weighted by molar-refractivity contribution is 0.0530. The fraction of sp³-hybridized carbons (Fsp3) is 0.350. The quantitative estimate of drug-likeness (QED) is 0.636. The maximum Gasteiger partial charge on any atom is 0.193 e. The molecule has 0 amide bonds. The third-order valence-electron chi connectivity index (χ3n) is 4.80. The lowest BCUT2D eigenvalue weighted by Crippen LogP contribution is -2.38. The average molecular weight is 357 g/mol. The van der Waals surface area contributed by atoms with Crippen LogP contribution in [-0.2, 0) is 10.2 Å². The van der Waals surface area contributed by atoms with Crippen molar-refractivity contribution in [2.75, 3.05) is 32.2 Å². The third-order valence-corrected chi connectivity index (χ3v) is 4.80. The highest BCUT2D eigenvalue weighted by Gasteiger charge is 2.34. The van der Waals surface area contributed by atoms with Gasteiger partial charge in [0.1, 0.15) is 11.6 Å². The summed E-state index contributed by atoms with van der Waals surface area (Å²) in [5, 5.41) is 3.08. The maximum atomic E-state index is 13.7. The van der Waals surface area contributed by atoms with E-state index in [-0.39, 0.29) is 11.2 Å². The van der Waals surface area contributed by atoms with E-state index < -0.39 is 0 Å². The summed E-state index contributed by atoms with van der Waals surface area (Å²) in [4.78, 5) is 4.54. The van der Waals surface area contributed by atoms with Gasteiger partial charge in [-0.05, 0) is 54.8 Å². The first-order valence-corrected chi connectivity index (χ1v) is 8.66. The molecule has 3 rings (SSSR count). The molecule has 1 heterocycles. The van der Waals surface area contributed by atoms with Gasteiger partial charge in [0, 0.05) is 24.3 Å². The van der Waals surface area contributed by atoms with Crippen molar-refractivity contribution >= 4 is 11.6 Å². The number of guanidine groups is 1. The van der Waals surface area contributed by atoms with Gasteiger partial charge in [-0.25, -0.2) is 4.39 Å². The van der Waals surface area contributed by atoms with Gasteiger partial charge >= 0.3 is 0 Å². The van der Waals surface area contributed by atoms with Crippen molar-refractivity contribution in [2.45, 2.75) is 18.3 Å². The van der Waals surface area contributed by atoms with Gasteiger partial charge in [-0.2, -0.15) is 0 Å². The number of nitrogens with one attached hydrogen (secondary N) is 1. The van der Waals surface area contributed by atoms with Crippen molar-refractivity contribution in [3.63, 3.8) is 0 Å². The highest BCUT2D eigenvalue weighted by Crippen LogP contribution is 2.35. The average Bonchev–Trinajstić information content (AvgIpc) is 2.68. The lowest BCUT2D eigenvalue weighted by Gasteiger charge is -2.36. The zero-order valence-corrected chi connectivity index (χ0v) is 14.9. The molecule has 0 atom stereocenters. The number of anilines is 1. The van der Waals surface area contributed by atoms with E-state index in [9.17, 15) is 4.39 Å². The zero-order chi connectivity index (χ0) is 18.4. The Labute approximate surface area is 153 Å². The summed E-state index contributed by atoms with van der Waals surface area (Å²) < 4.78 is 24.4. The van der Waals surface area contributed by atoms with Gasteiger partial charge < -0.3 is 20.5 Å². The molecule has 0 aromatic heterocycles. The van der Waals surface area contributed by atoms with Crippen molar-refractivity contribution in [1.82, 2.24) is 0 Å². The Morgan fingerprint density at radius 1 is 1.23 bits per heavy atom. The van der Waals surface area contributed by atoms with Crippen LogP contribution in [-0.4, -0.2) is 32.8 Å². The third kappa shape index (κ3) is 4.32. The molecule has 0 spiro atoms. The van der Waals surface area contributed by atoms with Crippen LogP contribution in [0.1, 0.15) is 18.4 Å². The molecule has 2 aromatic carbocycles. The fourth-order valence-electron chi connectivity index (χ4n) is 3.22. The second-order valence-corrected chi connectivity index (χ2v) is 6.46. The summed E-state index contributed by atoms with van der Waals surface area (Å²) >= 11 is 0. The smallest absolute Gasteiger partial charge is 0.193 e. The van der Waals surface area contributed by atoms with Crippen LogP contribution in [0.25, 0.3) is 0 Å². The molecular weight excluding hydrogens is 333 g/mol. The molecule has 0 bridgehead atoms. The predicted molar refractivity (Wildman–Crippen MR) is 101 cm³/mol. The van der Waals surface area contributed by atoms with Crippen LogP contribution in [0.15, 0.2) is 53.5 Å². The number of nitrogens with zero attached hydrogens (tertiary/aromatic N) is 1. The lowest BCUT2D eigenvalue weighted by atomic mass is 9.74. The molecule has 1 aliphatic heterocycles. The number of aliphatic imine (C=N–C) groups is 1. The number of ether oxygens (including phenoxy) is 2. The number of hydrogen-bond donors (Lipinski definition) is 2. The first kappa shape index (κ1) is 18.2. The van der Waals surface area contributed by atoms with E-state index in [1.807, 2.05) is 30.3 Å². The molecule has 6 heteroatoms. The molecule has 138 valence electrons. The van der Waals surface area contributed by atoms with E-state index in [1.54, 1.807) is 19.2 Å². The standard InChI is InChI=1S/C20H24FN3O2/c1-25-18-7-5-17(6-8-18)24-19(22)23-14-20(9-11-26-12-10-20)15-3-2-4-16(21)13-15/h2-8,13H,9-12,14H2,1H3,(H3,22,23,24). The molecule has 1 saturated heterocycles. The molecule has 0 radical (unpaired) electrons. The summed E-state index contributed by atoms with van der Waals surface area (Å²) in [6.45, 7) is 1.75. The van der Waals surface area contributed by atoms with Crippen LogP contribution in [0.5, 0.6) is 5.75 Å². The molecule has 5 nitrogen and oxygen atoms in total. The Balaban J connectivity index is 1.75. The van der Waals surface area contributed by atoms with Crippen molar-refractivity contribution in [1.29, 1.82) is 0 Å². The minimum atomic E-state index is -0.257. The predicted octanol–water partition coefficient (Wildman–Crippen LogP) is 3.31. The highest BCUT2D eigenvalue weighted by atomic mass is 19.1. The van der Waals surface area contributed by atoms with Crippen LogP contribution < -0.4 is 15.8 Å². The molecule has 2 aromatic rings. The normalized spacial score (nSPS) is 16.9. The minimum absolute atomic E-state index is 0.235. The van der Waals surface area contributed by atoms with Crippen molar-refractivity contribution < 1.29 is 13.9 Å². The summed E-state index contributed by atoms with van der Waals surface area (Å²) in [6.07, 6.45) is 1.57. The van der Waals surface area contributed by atoms with Crippen LogP contribution in [0.3, 0.4) is 0 Å². The molecule has 0 aliphatic carbocycles. The van der Waals surface area contributed by atoms with Gasteiger partial charge in [0.25, 0.3) is 0 Å². The van der Waals surface area contributed by atoms with E-state index in [0.717, 1.165) is 29.8 Å². The maximum absolute atomic E-state index is 13.7. The number of hydrogen-bond acceptors (Lipinski definition) is 3. The van der Waals surface area contributed by atoms with E-state index in [1.165, 1.54) is 6.07 Å². The molecule has 3 N–H and O–H groups in total. The Kier molecular flexibility index (Phi) is 5.73. The summed E-state index contributed by atoms with van der Waals surface area (Å²) in [5.41, 5.74) is 7.58. The van der Waals surface area contributed by atoms with Crippen LogP contribution in [0, 0.1) is 5.82 Å². The van der Waals surface area contributed by atoms with Crippen LogP contribution in [0.4, 0.5) is 10.1 Å². The topological polar surface area (TPSA) is 68.9 Å². The largest absolute Gasteiger partial charge is 0.497 e. The molecule has 1 aliphatic rings. The molecule has 0 saturated carbocycles. The minimum Gasteiger partial charge on any atom is -0.497 e. The van der Waals surface area contributed by atoms with E-state index >= 15 is 0 Å². The Hall–Kier alpha value is -2.60. The van der Waals surface area contributed by atoms with E-state index in [2.05, 4.69) is 10.3 Å². The van der Waals surface area contributed by atoms with Gasteiger partial charge in [0.05, 0.1) is 13.7 Å². The number of halogens is 1. The SMILES string of the molecule is COc1ccc(NC(N)=NCC2(c3cccc(F)c3)CCOCC2)cc1. The van der Waals surface area contributed by atoms with Crippen molar-refractivity contribution in [2.24, 2.45) is 10.7 Å². The van der Waals surface area contributed by atoms with Crippen molar-refractivity contribution in [3.8, 4) is 5.75 Å². The van der Waals surface area contributed by atoms with E-state index in [4.69, 9.17) is 15.2 Å². The summed E-state index contributed by atoms with van der Waals surface area (Å²) in [7, 11) is 1.62. The van der Waals surface area contributed by atoms with Gasteiger partial charge in [0.2, 0.25) is 0 Å². The van der Waals surface area contributed by atoms with Crippen molar-refractivity contribution in [3.05, 3.63) is 59.9 Å². The Bertz CT molecular complexity index is 756. The number of nitrogens with two attached hydrogens (primary N) is 1. The zero-order valence-electron chi connectivity index (χ0n) is 14.9. The second-order valence-electron chi connectivity index (χ2n) is 6.46. The van der Waals surface area contributed by atoms with Gasteiger partial charge in [-0.1, -0.05) is 12.1 Å². The molecular formula is C20H24FN3O2. The molecule has 1 fully saturated rings. The summed E-state index contributed by atoms with van der Waals surface area (Å²) in [6, 6.07) is 14.2. The van der Waals surface area contributed by atoms with Crippen LogP contribution in [0.2, 0.25) is 0 Å².